The van der Waals surface area contributed by atoms with Crippen LogP contribution in [0.5, 0.6) is 0 Å². The lowest BCUT2D eigenvalue weighted by Crippen LogP contribution is -2.16. The molecule has 2 aromatic rings. The molecule has 3 heteroatoms. The van der Waals surface area contributed by atoms with E-state index in [1.54, 1.807) is 12.1 Å². The van der Waals surface area contributed by atoms with Gasteiger partial charge in [0.25, 0.3) is 0 Å². The van der Waals surface area contributed by atoms with Crippen LogP contribution in [0.1, 0.15) is 18.1 Å². The van der Waals surface area contributed by atoms with E-state index in [1.807, 2.05) is 7.05 Å². The van der Waals surface area contributed by atoms with E-state index >= 15 is 0 Å². The predicted octanol–water partition coefficient (Wildman–Crippen LogP) is 3.57. The second kappa shape index (κ2) is 7.06. The Morgan fingerprint density at radius 2 is 1.55 bits per heavy atom. The molecular formula is C17H21FN2. The van der Waals surface area contributed by atoms with Gasteiger partial charge in [-0.15, -0.1) is 0 Å². The third-order valence-corrected chi connectivity index (χ3v) is 3.29. The second-order valence-electron chi connectivity index (χ2n) is 4.93. The molecule has 2 aromatic carbocycles. The van der Waals surface area contributed by atoms with E-state index in [1.165, 1.54) is 23.3 Å². The van der Waals surface area contributed by atoms with Gasteiger partial charge in [-0.25, -0.2) is 4.39 Å². The highest BCUT2D eigenvalue weighted by Crippen LogP contribution is 2.16. The largest absolute Gasteiger partial charge is 0.370 e. The monoisotopic (exact) mass is 272 g/mol. The number of hydrogen-bond donors (Lipinski definition) is 1. The van der Waals surface area contributed by atoms with E-state index < -0.39 is 0 Å². The van der Waals surface area contributed by atoms with Crippen molar-refractivity contribution in [3.8, 4) is 0 Å². The number of rotatable bonds is 6. The van der Waals surface area contributed by atoms with Crippen molar-refractivity contribution in [3.63, 3.8) is 0 Å². The van der Waals surface area contributed by atoms with Crippen LogP contribution in [0.3, 0.4) is 0 Å². The van der Waals surface area contributed by atoms with Gasteiger partial charge in [0, 0.05) is 25.8 Å². The molecule has 0 fully saturated rings. The zero-order chi connectivity index (χ0) is 14.4. The van der Waals surface area contributed by atoms with Gasteiger partial charge in [0.05, 0.1) is 0 Å². The summed E-state index contributed by atoms with van der Waals surface area (Å²) < 4.78 is 12.9. The quantitative estimate of drug-likeness (QED) is 0.865. The first kappa shape index (κ1) is 14.5. The molecule has 106 valence electrons. The first-order valence-electron chi connectivity index (χ1n) is 6.94. The van der Waals surface area contributed by atoms with E-state index in [0.717, 1.165) is 25.3 Å². The Kier molecular flexibility index (Phi) is 5.13. The summed E-state index contributed by atoms with van der Waals surface area (Å²) in [6.45, 7) is 4.80. The summed E-state index contributed by atoms with van der Waals surface area (Å²) in [5.41, 5.74) is 3.56. The highest BCUT2D eigenvalue weighted by atomic mass is 19.1. The Hall–Kier alpha value is -1.87. The van der Waals surface area contributed by atoms with Gasteiger partial charge in [0.1, 0.15) is 5.82 Å². The highest BCUT2D eigenvalue weighted by molar-refractivity contribution is 5.46. The lowest BCUT2D eigenvalue weighted by Gasteiger charge is -2.19. The summed E-state index contributed by atoms with van der Waals surface area (Å²) in [7, 11) is 2.01. The first-order valence-corrected chi connectivity index (χ1v) is 6.94. The SMILES string of the molecule is CCNCc1ccc(CN(C)c2ccc(F)cc2)cc1. The van der Waals surface area contributed by atoms with Gasteiger partial charge in [-0.2, -0.15) is 0 Å². The number of anilines is 1. The lowest BCUT2D eigenvalue weighted by molar-refractivity contribution is 0.627. The maximum absolute atomic E-state index is 12.9. The molecule has 20 heavy (non-hydrogen) atoms. The van der Waals surface area contributed by atoms with E-state index in [-0.39, 0.29) is 5.82 Å². The van der Waals surface area contributed by atoms with E-state index in [4.69, 9.17) is 0 Å². The maximum atomic E-state index is 12.9. The Balaban J connectivity index is 1.97. The Morgan fingerprint density at radius 1 is 0.950 bits per heavy atom. The van der Waals surface area contributed by atoms with Crippen molar-refractivity contribution >= 4 is 5.69 Å². The summed E-state index contributed by atoms with van der Waals surface area (Å²) in [6.07, 6.45) is 0. The predicted molar refractivity (Wildman–Crippen MR) is 82.3 cm³/mol. The third kappa shape index (κ3) is 4.07. The van der Waals surface area contributed by atoms with E-state index in [0.29, 0.717) is 0 Å². The van der Waals surface area contributed by atoms with Crippen LogP contribution >= 0.6 is 0 Å². The third-order valence-electron chi connectivity index (χ3n) is 3.29. The fraction of sp³-hybridized carbons (Fsp3) is 0.294. The molecule has 1 N–H and O–H groups in total. The molecule has 2 nitrogen and oxygen atoms in total. The normalized spacial score (nSPS) is 10.6. The topological polar surface area (TPSA) is 15.3 Å². The first-order chi connectivity index (χ1) is 9.69. The molecule has 0 atom stereocenters. The smallest absolute Gasteiger partial charge is 0.123 e. The molecule has 0 bridgehead atoms. The summed E-state index contributed by atoms with van der Waals surface area (Å²) in [6, 6.07) is 15.2. The molecule has 0 saturated heterocycles. The Bertz CT molecular complexity index is 520. The van der Waals surface area contributed by atoms with Gasteiger partial charge >= 0.3 is 0 Å². The Labute approximate surface area is 120 Å². The molecule has 0 aliphatic carbocycles. The van der Waals surface area contributed by atoms with Crippen molar-refractivity contribution in [2.24, 2.45) is 0 Å². The number of nitrogens with zero attached hydrogens (tertiary/aromatic N) is 1. The number of hydrogen-bond acceptors (Lipinski definition) is 2. The zero-order valence-corrected chi connectivity index (χ0v) is 12.1. The molecule has 0 saturated carbocycles. The summed E-state index contributed by atoms with van der Waals surface area (Å²) in [5, 5.41) is 3.31. The fourth-order valence-corrected chi connectivity index (χ4v) is 2.09. The van der Waals surface area contributed by atoms with Crippen molar-refractivity contribution in [3.05, 3.63) is 65.5 Å². The standard InChI is InChI=1S/C17H21FN2/c1-3-19-12-14-4-6-15(7-5-14)13-20(2)17-10-8-16(18)9-11-17/h4-11,19H,3,12-13H2,1-2H3. The van der Waals surface area contributed by atoms with Crippen molar-refractivity contribution in [1.29, 1.82) is 0 Å². The molecule has 0 amide bonds. The van der Waals surface area contributed by atoms with Gasteiger partial charge in [0.2, 0.25) is 0 Å². The van der Waals surface area contributed by atoms with Crippen molar-refractivity contribution in [1.82, 2.24) is 5.32 Å². The number of benzene rings is 2. The average molecular weight is 272 g/mol. The van der Waals surface area contributed by atoms with Crippen LogP contribution in [0.25, 0.3) is 0 Å². The van der Waals surface area contributed by atoms with Crippen molar-refractivity contribution in [2.45, 2.75) is 20.0 Å². The molecule has 0 aliphatic heterocycles. The molecule has 0 heterocycles. The minimum Gasteiger partial charge on any atom is -0.370 e. The fourth-order valence-electron chi connectivity index (χ4n) is 2.09. The molecule has 0 unspecified atom stereocenters. The minimum absolute atomic E-state index is 0.199. The lowest BCUT2D eigenvalue weighted by atomic mass is 10.1. The van der Waals surface area contributed by atoms with Gasteiger partial charge in [-0.3, -0.25) is 0 Å². The summed E-state index contributed by atoms with van der Waals surface area (Å²) >= 11 is 0. The van der Waals surface area contributed by atoms with Crippen LogP contribution in [0, 0.1) is 5.82 Å². The number of halogens is 1. The van der Waals surface area contributed by atoms with Gasteiger partial charge in [-0.05, 0) is 41.9 Å². The molecule has 0 aliphatic rings. The number of nitrogens with one attached hydrogen (secondary N) is 1. The minimum atomic E-state index is -0.199. The molecule has 0 radical (unpaired) electrons. The average Bonchev–Trinajstić information content (AvgIpc) is 2.47. The second-order valence-corrected chi connectivity index (χ2v) is 4.93. The molecule has 2 rings (SSSR count). The van der Waals surface area contributed by atoms with E-state index in [9.17, 15) is 4.39 Å². The van der Waals surface area contributed by atoms with Crippen LogP contribution in [0.15, 0.2) is 48.5 Å². The van der Waals surface area contributed by atoms with Crippen LogP contribution in [-0.4, -0.2) is 13.6 Å². The summed E-state index contributed by atoms with van der Waals surface area (Å²) in [5.74, 6) is -0.199. The van der Waals surface area contributed by atoms with Crippen LogP contribution < -0.4 is 10.2 Å². The zero-order valence-electron chi connectivity index (χ0n) is 12.1. The molecule has 0 spiro atoms. The van der Waals surface area contributed by atoms with Gasteiger partial charge in [-0.1, -0.05) is 31.2 Å². The van der Waals surface area contributed by atoms with Crippen LogP contribution in [0.4, 0.5) is 10.1 Å². The summed E-state index contributed by atoms with van der Waals surface area (Å²) in [4.78, 5) is 2.11. The molecule has 0 aromatic heterocycles. The molecular weight excluding hydrogens is 251 g/mol. The van der Waals surface area contributed by atoms with Crippen LogP contribution in [-0.2, 0) is 13.1 Å². The van der Waals surface area contributed by atoms with Gasteiger partial charge < -0.3 is 10.2 Å². The Morgan fingerprint density at radius 3 is 2.15 bits per heavy atom. The van der Waals surface area contributed by atoms with Crippen molar-refractivity contribution < 1.29 is 4.39 Å². The van der Waals surface area contributed by atoms with E-state index in [2.05, 4.69) is 41.4 Å². The van der Waals surface area contributed by atoms with Crippen LogP contribution in [0.2, 0.25) is 0 Å². The maximum Gasteiger partial charge on any atom is 0.123 e. The van der Waals surface area contributed by atoms with Crippen molar-refractivity contribution in [2.75, 3.05) is 18.5 Å². The van der Waals surface area contributed by atoms with Gasteiger partial charge in [0.15, 0.2) is 0 Å². The highest BCUT2D eigenvalue weighted by Gasteiger charge is 2.02.